The van der Waals surface area contributed by atoms with Crippen LogP contribution in [-0.4, -0.2) is 91.2 Å². The van der Waals surface area contributed by atoms with Crippen LogP contribution in [-0.2, 0) is 19.6 Å². The molecule has 30 heavy (non-hydrogen) atoms. The average Bonchev–Trinajstić information content (AvgIpc) is 3.58. The highest BCUT2D eigenvalue weighted by molar-refractivity contribution is 7.89. The lowest BCUT2D eigenvalue weighted by atomic mass is 9.96. The van der Waals surface area contributed by atoms with Crippen LogP contribution in [0.3, 0.4) is 0 Å². The molecule has 2 saturated heterocycles. The van der Waals surface area contributed by atoms with Crippen molar-refractivity contribution in [2.24, 2.45) is 5.92 Å². The molecule has 3 aliphatic rings. The number of hydrogen-bond acceptors (Lipinski definition) is 6. The Kier molecular flexibility index (Phi) is 6.35. The van der Waals surface area contributed by atoms with Crippen molar-refractivity contribution >= 4 is 21.8 Å². The molecule has 1 saturated carbocycles. The molecule has 10 heteroatoms. The topological polar surface area (TPSA) is 103 Å². The Morgan fingerprint density at radius 3 is 2.33 bits per heavy atom. The van der Waals surface area contributed by atoms with Gasteiger partial charge in [0, 0.05) is 63.6 Å². The van der Waals surface area contributed by atoms with Crippen molar-refractivity contribution in [3.63, 3.8) is 0 Å². The Labute approximate surface area is 177 Å². The van der Waals surface area contributed by atoms with Crippen LogP contribution >= 0.6 is 0 Å². The molecule has 0 spiro atoms. The van der Waals surface area contributed by atoms with Gasteiger partial charge in [0.25, 0.3) is 0 Å². The molecule has 2 amide bonds. The van der Waals surface area contributed by atoms with Crippen LogP contribution in [0.2, 0.25) is 0 Å². The van der Waals surface area contributed by atoms with E-state index in [2.05, 4.69) is 15.2 Å². The third-order valence-corrected chi connectivity index (χ3v) is 7.95. The van der Waals surface area contributed by atoms with E-state index in [4.69, 9.17) is 0 Å². The van der Waals surface area contributed by atoms with Crippen LogP contribution < -0.4 is 5.32 Å². The van der Waals surface area contributed by atoms with E-state index in [0.29, 0.717) is 64.7 Å². The van der Waals surface area contributed by atoms with Crippen molar-refractivity contribution in [2.75, 3.05) is 45.8 Å². The van der Waals surface area contributed by atoms with Crippen molar-refractivity contribution in [1.29, 1.82) is 0 Å². The van der Waals surface area contributed by atoms with E-state index in [1.807, 2.05) is 4.90 Å². The summed E-state index contributed by atoms with van der Waals surface area (Å²) in [7, 11) is -3.56. The first-order valence-electron chi connectivity index (χ1n) is 10.6. The van der Waals surface area contributed by atoms with Crippen LogP contribution in [0.15, 0.2) is 29.4 Å². The van der Waals surface area contributed by atoms with Gasteiger partial charge in [-0.15, -0.1) is 0 Å². The highest BCUT2D eigenvalue weighted by Gasteiger charge is 2.35. The van der Waals surface area contributed by atoms with E-state index in [-0.39, 0.29) is 22.6 Å². The van der Waals surface area contributed by atoms with E-state index in [0.717, 1.165) is 12.8 Å². The minimum atomic E-state index is -3.56. The van der Waals surface area contributed by atoms with Gasteiger partial charge >= 0.3 is 0 Å². The summed E-state index contributed by atoms with van der Waals surface area (Å²) < 4.78 is 26.9. The number of pyridine rings is 1. The van der Waals surface area contributed by atoms with Crippen molar-refractivity contribution in [2.45, 2.75) is 36.6 Å². The first kappa shape index (κ1) is 21.2. The number of rotatable bonds is 6. The molecule has 0 atom stereocenters. The number of amides is 2. The highest BCUT2D eigenvalue weighted by Crippen LogP contribution is 2.25. The zero-order valence-corrected chi connectivity index (χ0v) is 17.9. The summed E-state index contributed by atoms with van der Waals surface area (Å²) in [5, 5.41) is 3.00. The van der Waals surface area contributed by atoms with Crippen molar-refractivity contribution in [1.82, 2.24) is 24.4 Å². The maximum atomic E-state index is 12.9. The van der Waals surface area contributed by atoms with Crippen LogP contribution in [0, 0.1) is 5.92 Å². The van der Waals surface area contributed by atoms with E-state index in [1.165, 1.54) is 10.5 Å². The minimum Gasteiger partial charge on any atom is -0.352 e. The lowest BCUT2D eigenvalue weighted by Gasteiger charge is -2.38. The predicted octanol–water partition coefficient (Wildman–Crippen LogP) is -0.0949. The zero-order chi connectivity index (χ0) is 21.1. The van der Waals surface area contributed by atoms with Gasteiger partial charge in [-0.3, -0.25) is 19.5 Å². The van der Waals surface area contributed by atoms with Crippen LogP contribution in [0.5, 0.6) is 0 Å². The fourth-order valence-electron chi connectivity index (χ4n) is 4.08. The summed E-state index contributed by atoms with van der Waals surface area (Å²) in [5.74, 6) is 0.0324. The molecule has 1 aromatic heterocycles. The number of nitrogens with one attached hydrogen (secondary N) is 1. The molecule has 4 rings (SSSR count). The maximum Gasteiger partial charge on any atom is 0.244 e. The second-order valence-electron chi connectivity index (χ2n) is 8.31. The maximum absolute atomic E-state index is 12.9. The van der Waals surface area contributed by atoms with Gasteiger partial charge in [-0.1, -0.05) is 0 Å². The molecule has 1 aliphatic carbocycles. The van der Waals surface area contributed by atoms with Crippen molar-refractivity contribution < 1.29 is 18.0 Å². The third kappa shape index (κ3) is 4.98. The molecule has 0 bridgehead atoms. The van der Waals surface area contributed by atoms with Gasteiger partial charge < -0.3 is 10.2 Å². The quantitative estimate of drug-likeness (QED) is 0.670. The summed E-state index contributed by atoms with van der Waals surface area (Å²) in [6.07, 6.45) is 6.12. The van der Waals surface area contributed by atoms with Gasteiger partial charge in [0.15, 0.2) is 0 Å². The second-order valence-corrected chi connectivity index (χ2v) is 10.2. The molecule has 164 valence electrons. The van der Waals surface area contributed by atoms with Crippen LogP contribution in [0.25, 0.3) is 0 Å². The smallest absolute Gasteiger partial charge is 0.244 e. The Balaban J connectivity index is 1.23. The molecule has 3 fully saturated rings. The lowest BCUT2D eigenvalue weighted by molar-refractivity contribution is -0.138. The number of aromatic nitrogens is 1. The summed E-state index contributed by atoms with van der Waals surface area (Å²) in [4.78, 5) is 32.9. The van der Waals surface area contributed by atoms with Crippen LogP contribution in [0.4, 0.5) is 0 Å². The SMILES string of the molecule is O=C(CN1CCN(C(=O)C2CCN(S(=O)(=O)c3cccnc3)CC2)CC1)NC1CC1. The van der Waals surface area contributed by atoms with E-state index < -0.39 is 10.0 Å². The molecule has 1 aromatic rings. The number of piperidine rings is 1. The molecule has 0 radical (unpaired) electrons. The molecule has 1 N–H and O–H groups in total. The Bertz CT molecular complexity index is 858. The Morgan fingerprint density at radius 2 is 1.73 bits per heavy atom. The molecule has 2 aliphatic heterocycles. The van der Waals surface area contributed by atoms with E-state index >= 15 is 0 Å². The van der Waals surface area contributed by atoms with Gasteiger partial charge in [0.05, 0.1) is 6.54 Å². The third-order valence-electron chi connectivity index (χ3n) is 6.07. The minimum absolute atomic E-state index is 0.0690. The predicted molar refractivity (Wildman–Crippen MR) is 110 cm³/mol. The van der Waals surface area contributed by atoms with Crippen molar-refractivity contribution in [3.05, 3.63) is 24.5 Å². The summed E-state index contributed by atoms with van der Waals surface area (Å²) in [6, 6.07) is 3.52. The second kappa shape index (κ2) is 8.99. The first-order valence-corrected chi connectivity index (χ1v) is 12.1. The fourth-order valence-corrected chi connectivity index (χ4v) is 5.51. The number of carbonyl (C=O) groups excluding carboxylic acids is 2. The summed E-state index contributed by atoms with van der Waals surface area (Å²) in [5.41, 5.74) is 0. The average molecular weight is 436 g/mol. The standard InChI is InChI=1S/C20H29N5O4S/c26-19(22-17-3-4-17)15-23-10-12-24(13-11-23)20(27)16-5-8-25(9-6-16)30(28,29)18-2-1-7-21-14-18/h1-2,7,14,16-17H,3-6,8-13,15H2,(H,22,26). The Hall–Kier alpha value is -2.04. The van der Waals surface area contributed by atoms with E-state index in [9.17, 15) is 18.0 Å². The molecule has 9 nitrogen and oxygen atoms in total. The molecular formula is C20H29N5O4S. The van der Waals surface area contributed by atoms with Crippen molar-refractivity contribution in [3.8, 4) is 0 Å². The molecule has 3 heterocycles. The number of sulfonamides is 1. The van der Waals surface area contributed by atoms with Gasteiger partial charge in [-0.25, -0.2) is 8.42 Å². The first-order chi connectivity index (χ1) is 14.4. The molecular weight excluding hydrogens is 406 g/mol. The largest absolute Gasteiger partial charge is 0.352 e. The van der Waals surface area contributed by atoms with Gasteiger partial charge in [-0.2, -0.15) is 4.31 Å². The summed E-state index contributed by atoms with van der Waals surface area (Å²) >= 11 is 0. The number of piperazine rings is 1. The van der Waals surface area contributed by atoms with Gasteiger partial charge in [0.1, 0.15) is 4.90 Å². The Morgan fingerprint density at radius 1 is 1.03 bits per heavy atom. The summed E-state index contributed by atoms with van der Waals surface area (Å²) in [6.45, 7) is 3.69. The number of hydrogen-bond donors (Lipinski definition) is 1. The van der Waals surface area contributed by atoms with Gasteiger partial charge in [-0.05, 0) is 37.8 Å². The van der Waals surface area contributed by atoms with E-state index in [1.54, 1.807) is 18.3 Å². The van der Waals surface area contributed by atoms with Gasteiger partial charge in [0.2, 0.25) is 21.8 Å². The highest BCUT2D eigenvalue weighted by atomic mass is 32.2. The fraction of sp³-hybridized carbons (Fsp3) is 0.650. The lowest BCUT2D eigenvalue weighted by Crippen LogP contribution is -2.53. The molecule has 0 unspecified atom stereocenters. The molecule has 0 aromatic carbocycles. The number of nitrogens with zero attached hydrogens (tertiary/aromatic N) is 4. The monoisotopic (exact) mass is 435 g/mol. The number of carbonyl (C=O) groups is 2. The zero-order valence-electron chi connectivity index (χ0n) is 17.1. The van der Waals surface area contributed by atoms with Crippen LogP contribution in [0.1, 0.15) is 25.7 Å². The normalized spacial score (nSPS) is 22.1.